The lowest BCUT2D eigenvalue weighted by Gasteiger charge is -2.42. The summed E-state index contributed by atoms with van der Waals surface area (Å²) in [5, 5.41) is 4.72. The van der Waals surface area contributed by atoms with Gasteiger partial charge in [-0.25, -0.2) is 14.8 Å². The van der Waals surface area contributed by atoms with Crippen molar-refractivity contribution in [2.75, 3.05) is 31.5 Å². The molecule has 2 heterocycles. The van der Waals surface area contributed by atoms with Gasteiger partial charge in [-0.1, -0.05) is 15.9 Å². The number of nitrogens with one attached hydrogen (secondary N) is 1. The number of aromatic nitrogens is 2. The van der Waals surface area contributed by atoms with E-state index in [1.54, 1.807) is 6.33 Å². The van der Waals surface area contributed by atoms with Crippen LogP contribution in [-0.2, 0) is 4.74 Å². The minimum absolute atomic E-state index is 0.191. The minimum Gasteiger partial charge on any atom is -0.444 e. The SMILES string of the molecule is CC(C)(C)OC(=O)N1CCN([C@H]2CC[C@H](Nc3ncnc4cc(Br)ccc34)CC2)CC1. The van der Waals surface area contributed by atoms with Crippen LogP contribution in [0.1, 0.15) is 46.5 Å². The Labute approximate surface area is 192 Å². The van der Waals surface area contributed by atoms with Crippen molar-refractivity contribution in [1.82, 2.24) is 19.8 Å². The van der Waals surface area contributed by atoms with Gasteiger partial charge in [0.15, 0.2) is 0 Å². The average Bonchev–Trinajstić information content (AvgIpc) is 2.73. The van der Waals surface area contributed by atoms with Crippen molar-refractivity contribution in [3.63, 3.8) is 0 Å². The summed E-state index contributed by atoms with van der Waals surface area (Å²) in [6, 6.07) is 7.15. The lowest BCUT2D eigenvalue weighted by Crippen LogP contribution is -2.53. The molecule has 2 aliphatic rings. The van der Waals surface area contributed by atoms with Crippen LogP contribution in [0.3, 0.4) is 0 Å². The number of amides is 1. The maximum atomic E-state index is 12.3. The number of carbonyl (C=O) groups excluding carboxylic acids is 1. The highest BCUT2D eigenvalue weighted by Crippen LogP contribution is 2.29. The van der Waals surface area contributed by atoms with Gasteiger partial charge in [-0.15, -0.1) is 0 Å². The summed E-state index contributed by atoms with van der Waals surface area (Å²) in [6.45, 7) is 9.08. The van der Waals surface area contributed by atoms with E-state index in [-0.39, 0.29) is 6.09 Å². The van der Waals surface area contributed by atoms with E-state index in [0.717, 1.165) is 60.2 Å². The Kier molecular flexibility index (Phi) is 6.67. The first-order chi connectivity index (χ1) is 14.8. The molecule has 4 rings (SSSR count). The number of hydrogen-bond donors (Lipinski definition) is 1. The zero-order valence-corrected chi connectivity index (χ0v) is 20.2. The summed E-state index contributed by atoms with van der Waals surface area (Å²) in [7, 11) is 0. The van der Waals surface area contributed by atoms with E-state index < -0.39 is 5.60 Å². The molecule has 0 bridgehead atoms. The molecule has 0 atom stereocenters. The van der Waals surface area contributed by atoms with E-state index in [0.29, 0.717) is 12.1 Å². The quantitative estimate of drug-likeness (QED) is 0.675. The molecular weight excluding hydrogens is 458 g/mol. The van der Waals surface area contributed by atoms with Crippen molar-refractivity contribution in [3.8, 4) is 0 Å². The van der Waals surface area contributed by atoms with Crippen molar-refractivity contribution in [2.45, 2.75) is 64.1 Å². The summed E-state index contributed by atoms with van der Waals surface area (Å²) in [6.07, 6.45) is 6.02. The number of rotatable bonds is 3. The molecule has 2 aromatic rings. The molecule has 1 saturated heterocycles. The highest BCUT2D eigenvalue weighted by Gasteiger charge is 2.31. The molecule has 1 amide bonds. The summed E-state index contributed by atoms with van der Waals surface area (Å²) >= 11 is 3.51. The van der Waals surface area contributed by atoms with E-state index in [9.17, 15) is 4.79 Å². The molecule has 1 aromatic heterocycles. The van der Waals surface area contributed by atoms with Gasteiger partial charge in [-0.2, -0.15) is 0 Å². The average molecular weight is 490 g/mol. The number of fused-ring (bicyclic) bond motifs is 1. The van der Waals surface area contributed by atoms with E-state index in [4.69, 9.17) is 4.74 Å². The van der Waals surface area contributed by atoms with Crippen LogP contribution in [0.15, 0.2) is 29.0 Å². The molecule has 2 fully saturated rings. The smallest absolute Gasteiger partial charge is 0.410 e. The second-order valence-electron chi connectivity index (χ2n) is 9.54. The monoisotopic (exact) mass is 489 g/mol. The maximum Gasteiger partial charge on any atom is 0.410 e. The van der Waals surface area contributed by atoms with Crippen LogP contribution in [-0.4, -0.2) is 69.7 Å². The predicted molar refractivity (Wildman–Crippen MR) is 126 cm³/mol. The van der Waals surface area contributed by atoms with Gasteiger partial charge in [0.05, 0.1) is 5.52 Å². The Morgan fingerprint density at radius 2 is 1.81 bits per heavy atom. The van der Waals surface area contributed by atoms with Crippen LogP contribution >= 0.6 is 15.9 Å². The van der Waals surface area contributed by atoms with Crippen molar-refractivity contribution >= 4 is 38.7 Å². The molecule has 1 saturated carbocycles. The fourth-order valence-electron chi connectivity index (χ4n) is 4.52. The van der Waals surface area contributed by atoms with Gasteiger partial charge in [-0.3, -0.25) is 4.90 Å². The Hall–Kier alpha value is -1.93. The van der Waals surface area contributed by atoms with E-state index in [1.165, 1.54) is 12.8 Å². The highest BCUT2D eigenvalue weighted by atomic mass is 79.9. The Balaban J connectivity index is 1.27. The van der Waals surface area contributed by atoms with Gasteiger partial charge in [0.2, 0.25) is 0 Å². The van der Waals surface area contributed by atoms with Crippen molar-refractivity contribution < 1.29 is 9.53 Å². The Morgan fingerprint density at radius 3 is 2.48 bits per heavy atom. The number of halogens is 1. The molecule has 31 heavy (non-hydrogen) atoms. The number of carbonyl (C=O) groups is 1. The van der Waals surface area contributed by atoms with Gasteiger partial charge in [-0.05, 0) is 64.7 Å². The molecule has 168 valence electrons. The zero-order valence-electron chi connectivity index (χ0n) is 18.6. The minimum atomic E-state index is -0.439. The Bertz CT molecular complexity index is 916. The van der Waals surface area contributed by atoms with Gasteiger partial charge in [0.25, 0.3) is 0 Å². The summed E-state index contributed by atoms with van der Waals surface area (Å²) in [5.74, 6) is 0.923. The summed E-state index contributed by atoms with van der Waals surface area (Å²) in [5.41, 5.74) is 0.508. The lowest BCUT2D eigenvalue weighted by atomic mass is 9.89. The van der Waals surface area contributed by atoms with E-state index >= 15 is 0 Å². The molecule has 1 aliphatic heterocycles. The summed E-state index contributed by atoms with van der Waals surface area (Å²) in [4.78, 5) is 25.6. The van der Waals surface area contributed by atoms with Crippen LogP contribution < -0.4 is 5.32 Å². The van der Waals surface area contributed by atoms with Crippen LogP contribution in [0.5, 0.6) is 0 Å². The maximum absolute atomic E-state index is 12.3. The van der Waals surface area contributed by atoms with E-state index in [1.807, 2.05) is 37.8 Å². The first kappa shape index (κ1) is 22.3. The third-order valence-corrected chi connectivity index (χ3v) is 6.61. The van der Waals surface area contributed by atoms with E-state index in [2.05, 4.69) is 42.2 Å². The molecule has 1 aliphatic carbocycles. The number of piperazine rings is 1. The third kappa shape index (κ3) is 5.66. The second-order valence-corrected chi connectivity index (χ2v) is 10.5. The molecule has 1 aromatic carbocycles. The highest BCUT2D eigenvalue weighted by molar-refractivity contribution is 9.10. The molecule has 0 radical (unpaired) electrons. The van der Waals surface area contributed by atoms with Crippen molar-refractivity contribution in [1.29, 1.82) is 0 Å². The second kappa shape index (κ2) is 9.28. The third-order valence-electron chi connectivity index (χ3n) is 6.12. The van der Waals surface area contributed by atoms with Gasteiger partial charge < -0.3 is 15.0 Å². The molecular formula is C23H32BrN5O2. The van der Waals surface area contributed by atoms with Gasteiger partial charge >= 0.3 is 6.09 Å². The number of ether oxygens (including phenoxy) is 1. The lowest BCUT2D eigenvalue weighted by molar-refractivity contribution is 0.00806. The van der Waals surface area contributed by atoms with Crippen molar-refractivity contribution in [2.24, 2.45) is 0 Å². The van der Waals surface area contributed by atoms with Crippen LogP contribution in [0.25, 0.3) is 10.9 Å². The number of benzene rings is 1. The fraction of sp³-hybridized carbons (Fsp3) is 0.609. The number of nitrogens with zero attached hydrogens (tertiary/aromatic N) is 4. The molecule has 0 unspecified atom stereocenters. The number of anilines is 1. The van der Waals surface area contributed by atoms with Crippen LogP contribution in [0.2, 0.25) is 0 Å². The van der Waals surface area contributed by atoms with Crippen LogP contribution in [0, 0.1) is 0 Å². The first-order valence-electron chi connectivity index (χ1n) is 11.2. The van der Waals surface area contributed by atoms with Gasteiger partial charge in [0, 0.05) is 48.1 Å². The molecule has 8 heteroatoms. The number of hydrogen-bond acceptors (Lipinski definition) is 6. The van der Waals surface area contributed by atoms with Gasteiger partial charge in [0.1, 0.15) is 17.7 Å². The topological polar surface area (TPSA) is 70.6 Å². The predicted octanol–water partition coefficient (Wildman–Crippen LogP) is 4.67. The largest absolute Gasteiger partial charge is 0.444 e. The standard InChI is InChI=1S/C23H32BrN5O2/c1-23(2,3)31-22(30)29-12-10-28(11-13-29)18-7-5-17(6-8-18)27-21-19-9-4-16(24)14-20(19)25-15-26-21/h4,9,14-15,17-18H,5-8,10-13H2,1-3H3,(H,25,26,27)/t17-,18-. The molecule has 0 spiro atoms. The summed E-state index contributed by atoms with van der Waals surface area (Å²) < 4.78 is 6.54. The normalized spacial score (nSPS) is 23.0. The van der Waals surface area contributed by atoms with Crippen LogP contribution in [0.4, 0.5) is 10.6 Å². The Morgan fingerprint density at radius 1 is 1.10 bits per heavy atom. The van der Waals surface area contributed by atoms with Crippen molar-refractivity contribution in [3.05, 3.63) is 29.0 Å². The first-order valence-corrected chi connectivity index (χ1v) is 12.0. The zero-order chi connectivity index (χ0) is 22.0. The molecule has 7 nitrogen and oxygen atoms in total. The fourth-order valence-corrected chi connectivity index (χ4v) is 4.87. The molecule has 1 N–H and O–H groups in total.